The maximum atomic E-state index is 13.1. The van der Waals surface area contributed by atoms with Crippen molar-refractivity contribution in [3.63, 3.8) is 0 Å². The van der Waals surface area contributed by atoms with E-state index in [-0.39, 0.29) is 39.8 Å². The first-order chi connectivity index (χ1) is 14.6. The molecule has 0 fully saturated rings. The van der Waals surface area contributed by atoms with Gasteiger partial charge in [0, 0.05) is 32.9 Å². The van der Waals surface area contributed by atoms with Gasteiger partial charge in [-0.2, -0.15) is 13.2 Å². The Labute approximate surface area is 191 Å². The van der Waals surface area contributed by atoms with Crippen molar-refractivity contribution in [2.45, 2.75) is 25.9 Å². The summed E-state index contributed by atoms with van der Waals surface area (Å²) in [4.78, 5) is 25.3. The molecule has 0 aliphatic heterocycles. The van der Waals surface area contributed by atoms with Crippen LogP contribution in [-0.2, 0) is 17.4 Å². The number of halogens is 4. The van der Waals surface area contributed by atoms with Gasteiger partial charge >= 0.3 is 6.18 Å². The maximum Gasteiger partial charge on any atom is 0.417 e. The Kier molecular flexibility index (Phi) is 7.20. The second-order valence-corrected chi connectivity index (χ2v) is 8.82. The zero-order chi connectivity index (χ0) is 22.8. The number of hydrogen-bond donors (Lipinski definition) is 2. The SMILES string of the molecule is C[C@H](CO)CC1C=Cc2c(NC(=O)Cc3ccc(I)c(C(F)(F)F)c3)cccc2C1=O. The fourth-order valence-electron chi connectivity index (χ4n) is 3.54. The van der Waals surface area contributed by atoms with Crippen LogP contribution in [0.3, 0.4) is 0 Å². The van der Waals surface area contributed by atoms with Gasteiger partial charge in [0.15, 0.2) is 5.78 Å². The van der Waals surface area contributed by atoms with Gasteiger partial charge in [0.2, 0.25) is 5.91 Å². The molecule has 0 saturated heterocycles. The Morgan fingerprint density at radius 3 is 2.68 bits per heavy atom. The Hall–Kier alpha value is -2.20. The number of allylic oxidation sites excluding steroid dienone is 1. The molecule has 0 aromatic heterocycles. The van der Waals surface area contributed by atoms with Gasteiger partial charge in [0.05, 0.1) is 12.0 Å². The van der Waals surface area contributed by atoms with Crippen LogP contribution in [0.4, 0.5) is 18.9 Å². The third kappa shape index (κ3) is 5.54. The van der Waals surface area contributed by atoms with E-state index in [1.165, 1.54) is 12.1 Å². The highest BCUT2D eigenvalue weighted by Crippen LogP contribution is 2.34. The number of fused-ring (bicyclic) bond motifs is 1. The highest BCUT2D eigenvalue weighted by atomic mass is 127. The minimum Gasteiger partial charge on any atom is -0.396 e. The fourth-order valence-corrected chi connectivity index (χ4v) is 4.18. The number of Topliss-reactive ketones (excluding diaryl/α,β-unsaturated/α-hetero) is 1. The number of aliphatic hydroxyl groups is 1. The van der Waals surface area contributed by atoms with E-state index in [2.05, 4.69) is 5.32 Å². The number of alkyl halides is 3. The molecule has 0 radical (unpaired) electrons. The van der Waals surface area contributed by atoms with E-state index in [0.29, 0.717) is 23.2 Å². The Bertz CT molecular complexity index is 1030. The van der Waals surface area contributed by atoms with E-state index in [0.717, 1.165) is 6.07 Å². The number of nitrogens with one attached hydrogen (secondary N) is 1. The summed E-state index contributed by atoms with van der Waals surface area (Å²) < 4.78 is 39.4. The molecule has 1 amide bonds. The van der Waals surface area contributed by atoms with Crippen molar-refractivity contribution < 1.29 is 27.9 Å². The number of amides is 1. The van der Waals surface area contributed by atoms with E-state index < -0.39 is 17.6 Å². The molecule has 1 unspecified atom stereocenters. The van der Waals surface area contributed by atoms with Crippen LogP contribution >= 0.6 is 22.6 Å². The van der Waals surface area contributed by atoms with E-state index in [4.69, 9.17) is 0 Å². The summed E-state index contributed by atoms with van der Waals surface area (Å²) in [5, 5.41) is 12.0. The number of carbonyl (C=O) groups excluding carboxylic acids is 2. The predicted octanol–water partition coefficient (Wildman–Crippen LogP) is 5.34. The molecule has 2 aromatic rings. The van der Waals surface area contributed by atoms with Crippen LogP contribution in [-0.4, -0.2) is 23.4 Å². The average molecular weight is 543 g/mol. The van der Waals surface area contributed by atoms with Crippen molar-refractivity contribution >= 4 is 46.0 Å². The lowest BCUT2D eigenvalue weighted by Gasteiger charge is -2.22. The minimum atomic E-state index is -4.49. The number of rotatable bonds is 6. The smallest absolute Gasteiger partial charge is 0.396 e. The molecule has 4 nitrogen and oxygen atoms in total. The molecular formula is C23H21F3INO3. The van der Waals surface area contributed by atoms with Crippen LogP contribution < -0.4 is 5.32 Å². The molecule has 3 rings (SSSR count). The van der Waals surface area contributed by atoms with Crippen LogP contribution in [0.5, 0.6) is 0 Å². The highest BCUT2D eigenvalue weighted by Gasteiger charge is 2.33. The largest absolute Gasteiger partial charge is 0.417 e. The minimum absolute atomic E-state index is 0.00480. The molecular weight excluding hydrogens is 522 g/mol. The van der Waals surface area contributed by atoms with E-state index in [1.807, 2.05) is 6.92 Å². The van der Waals surface area contributed by atoms with Crippen LogP contribution in [0.25, 0.3) is 6.08 Å². The zero-order valence-electron chi connectivity index (χ0n) is 16.7. The zero-order valence-corrected chi connectivity index (χ0v) is 18.8. The number of aliphatic hydroxyl groups excluding tert-OH is 1. The van der Waals surface area contributed by atoms with Gasteiger partial charge in [0.1, 0.15) is 0 Å². The number of hydrogen-bond acceptors (Lipinski definition) is 3. The molecule has 2 N–H and O–H groups in total. The number of benzene rings is 2. The third-order valence-electron chi connectivity index (χ3n) is 5.15. The van der Waals surface area contributed by atoms with Gasteiger partial charge in [-0.25, -0.2) is 0 Å². The summed E-state index contributed by atoms with van der Waals surface area (Å²) in [5.74, 6) is -0.910. The summed E-state index contributed by atoms with van der Waals surface area (Å²) in [6.45, 7) is 1.86. The topological polar surface area (TPSA) is 66.4 Å². The normalized spacial score (nSPS) is 16.7. The first kappa shape index (κ1) is 23.5. The van der Waals surface area contributed by atoms with Crippen molar-refractivity contribution in [2.24, 2.45) is 11.8 Å². The van der Waals surface area contributed by atoms with Gasteiger partial charge in [0.25, 0.3) is 0 Å². The molecule has 8 heteroatoms. The summed E-state index contributed by atoms with van der Waals surface area (Å²) in [5.41, 5.74) is 0.964. The molecule has 31 heavy (non-hydrogen) atoms. The third-order valence-corrected chi connectivity index (χ3v) is 6.09. The quantitative estimate of drug-likeness (QED) is 0.484. The molecule has 1 aliphatic carbocycles. The first-order valence-electron chi connectivity index (χ1n) is 9.72. The molecule has 1 aliphatic rings. The van der Waals surface area contributed by atoms with E-state index >= 15 is 0 Å². The standard InChI is InChI=1S/C23H21F3INO3/c1-13(12-29)9-15-6-7-16-17(22(15)31)3-2-4-20(16)28-21(30)11-14-5-8-19(27)18(10-14)23(24,25)26/h2-8,10,13,15,29H,9,11-12H2,1H3,(H,28,30)/t13-,15?/m0/s1. The summed E-state index contributed by atoms with van der Waals surface area (Å²) in [6, 6.07) is 8.81. The van der Waals surface area contributed by atoms with Gasteiger partial charge < -0.3 is 10.4 Å². The summed E-state index contributed by atoms with van der Waals surface area (Å²) in [7, 11) is 0. The number of anilines is 1. The lowest BCUT2D eigenvalue weighted by Crippen LogP contribution is -2.22. The fraction of sp³-hybridized carbons (Fsp3) is 0.304. The maximum absolute atomic E-state index is 13.1. The van der Waals surface area contributed by atoms with Gasteiger partial charge in [-0.3, -0.25) is 9.59 Å². The molecule has 2 atom stereocenters. The number of carbonyl (C=O) groups is 2. The Balaban J connectivity index is 1.77. The molecule has 0 spiro atoms. The second-order valence-electron chi connectivity index (χ2n) is 7.66. The molecule has 0 bridgehead atoms. The molecule has 2 aromatic carbocycles. The molecule has 164 valence electrons. The van der Waals surface area contributed by atoms with Gasteiger partial charge in [-0.15, -0.1) is 0 Å². The van der Waals surface area contributed by atoms with E-state index in [9.17, 15) is 27.9 Å². The van der Waals surface area contributed by atoms with Crippen molar-refractivity contribution in [3.05, 3.63) is 68.3 Å². The average Bonchev–Trinajstić information content (AvgIpc) is 2.71. The van der Waals surface area contributed by atoms with Crippen LogP contribution in [0.2, 0.25) is 0 Å². The lowest BCUT2D eigenvalue weighted by molar-refractivity contribution is -0.138. The second kappa shape index (κ2) is 9.52. The van der Waals surface area contributed by atoms with Gasteiger partial charge in [-0.1, -0.05) is 37.3 Å². The monoisotopic (exact) mass is 543 g/mol. The van der Waals surface area contributed by atoms with Crippen molar-refractivity contribution in [2.75, 3.05) is 11.9 Å². The summed E-state index contributed by atoms with van der Waals surface area (Å²) >= 11 is 1.62. The Morgan fingerprint density at radius 2 is 2.00 bits per heavy atom. The van der Waals surface area contributed by atoms with Crippen LogP contribution in [0.1, 0.15) is 40.4 Å². The lowest BCUT2D eigenvalue weighted by atomic mass is 9.83. The van der Waals surface area contributed by atoms with Crippen LogP contribution in [0, 0.1) is 15.4 Å². The molecule has 0 saturated carbocycles. The highest BCUT2D eigenvalue weighted by molar-refractivity contribution is 14.1. The van der Waals surface area contributed by atoms with Crippen molar-refractivity contribution in [3.8, 4) is 0 Å². The summed E-state index contributed by atoms with van der Waals surface area (Å²) in [6.07, 6.45) is -0.653. The van der Waals surface area contributed by atoms with Gasteiger partial charge in [-0.05, 0) is 58.7 Å². The van der Waals surface area contributed by atoms with E-state index in [1.54, 1.807) is 52.9 Å². The van der Waals surface area contributed by atoms with Crippen molar-refractivity contribution in [1.29, 1.82) is 0 Å². The number of ketones is 1. The predicted molar refractivity (Wildman–Crippen MR) is 121 cm³/mol. The molecule has 0 heterocycles. The first-order valence-corrected chi connectivity index (χ1v) is 10.8. The van der Waals surface area contributed by atoms with Crippen molar-refractivity contribution in [1.82, 2.24) is 0 Å². The Morgan fingerprint density at radius 1 is 1.26 bits per heavy atom. The van der Waals surface area contributed by atoms with Crippen LogP contribution in [0.15, 0.2) is 42.5 Å².